The number of rotatable bonds is 3. The summed E-state index contributed by atoms with van der Waals surface area (Å²) < 4.78 is 5.29. The van der Waals surface area contributed by atoms with Crippen LogP contribution in [0.15, 0.2) is 35.1 Å². The molecule has 3 rings (SSSR count). The summed E-state index contributed by atoms with van der Waals surface area (Å²) in [5.74, 6) is -0.850. The first kappa shape index (κ1) is 15.3. The number of benzene rings is 1. The second-order valence-electron chi connectivity index (χ2n) is 5.67. The fourth-order valence-corrected chi connectivity index (χ4v) is 2.84. The third-order valence-electron chi connectivity index (χ3n) is 4.02. The summed E-state index contributed by atoms with van der Waals surface area (Å²) in [5, 5.41) is 0.595. The van der Waals surface area contributed by atoms with Gasteiger partial charge < -0.3 is 14.6 Å². The summed E-state index contributed by atoms with van der Waals surface area (Å²) in [6.45, 7) is 2.97. The Bertz CT molecular complexity index is 806. The van der Waals surface area contributed by atoms with E-state index < -0.39 is 12.1 Å². The smallest absolute Gasteiger partial charge is 0.339 e. The van der Waals surface area contributed by atoms with E-state index in [2.05, 4.69) is 4.98 Å². The van der Waals surface area contributed by atoms with Crippen LogP contribution in [0.25, 0.3) is 10.9 Å². The molecule has 6 heteroatoms. The average Bonchev–Trinajstić information content (AvgIpc) is 3.07. The van der Waals surface area contributed by atoms with Crippen LogP contribution in [0.4, 0.5) is 0 Å². The van der Waals surface area contributed by atoms with Crippen molar-refractivity contribution in [1.82, 2.24) is 9.88 Å². The molecule has 1 aromatic heterocycles. The van der Waals surface area contributed by atoms with Crippen LogP contribution < -0.4 is 5.56 Å². The van der Waals surface area contributed by atoms with E-state index in [-0.39, 0.29) is 17.0 Å². The van der Waals surface area contributed by atoms with Gasteiger partial charge in [0.15, 0.2) is 6.10 Å². The van der Waals surface area contributed by atoms with E-state index >= 15 is 0 Å². The van der Waals surface area contributed by atoms with Crippen molar-refractivity contribution in [2.45, 2.75) is 25.9 Å². The number of hydrogen-bond donors (Lipinski definition) is 1. The highest BCUT2D eigenvalue weighted by molar-refractivity contribution is 6.03. The average molecular weight is 314 g/mol. The lowest BCUT2D eigenvalue weighted by Crippen LogP contribution is -2.38. The van der Waals surface area contributed by atoms with Crippen molar-refractivity contribution in [3.05, 3.63) is 46.2 Å². The topological polar surface area (TPSA) is 79.5 Å². The molecule has 0 saturated carbocycles. The first-order chi connectivity index (χ1) is 11.1. The van der Waals surface area contributed by atoms with Crippen molar-refractivity contribution in [1.29, 1.82) is 0 Å². The van der Waals surface area contributed by atoms with Gasteiger partial charge >= 0.3 is 5.97 Å². The number of nitrogens with zero attached hydrogens (tertiary/aromatic N) is 1. The van der Waals surface area contributed by atoms with Crippen molar-refractivity contribution < 1.29 is 14.3 Å². The highest BCUT2D eigenvalue weighted by atomic mass is 16.5. The molecule has 0 bridgehead atoms. The van der Waals surface area contributed by atoms with Crippen LogP contribution in [0.2, 0.25) is 0 Å². The van der Waals surface area contributed by atoms with Crippen LogP contribution in [0.3, 0.4) is 0 Å². The summed E-state index contributed by atoms with van der Waals surface area (Å²) >= 11 is 0. The van der Waals surface area contributed by atoms with E-state index in [0.29, 0.717) is 24.0 Å². The number of amides is 1. The molecule has 1 aliphatic heterocycles. The van der Waals surface area contributed by atoms with Gasteiger partial charge in [-0.05, 0) is 25.8 Å². The molecule has 1 N–H and O–H groups in total. The van der Waals surface area contributed by atoms with Gasteiger partial charge in [0.25, 0.3) is 5.91 Å². The van der Waals surface area contributed by atoms with E-state index in [4.69, 9.17) is 4.74 Å². The molecule has 1 saturated heterocycles. The maximum Gasteiger partial charge on any atom is 0.339 e. The molecule has 0 unspecified atom stereocenters. The van der Waals surface area contributed by atoms with Gasteiger partial charge in [0.05, 0.1) is 5.56 Å². The number of carbonyl (C=O) groups excluding carboxylic acids is 2. The van der Waals surface area contributed by atoms with E-state index in [1.54, 1.807) is 36.1 Å². The molecule has 0 spiro atoms. The molecule has 2 heterocycles. The predicted molar refractivity (Wildman–Crippen MR) is 85.3 cm³/mol. The number of para-hydroxylation sites is 1. The maximum atomic E-state index is 12.4. The summed E-state index contributed by atoms with van der Waals surface area (Å²) in [7, 11) is 0. The number of aromatic nitrogens is 1. The molecule has 1 aromatic carbocycles. The predicted octanol–water partition coefficient (Wildman–Crippen LogP) is 1.70. The van der Waals surface area contributed by atoms with Crippen LogP contribution in [0.5, 0.6) is 0 Å². The normalized spacial score (nSPS) is 15.6. The molecule has 1 amide bonds. The quantitative estimate of drug-likeness (QED) is 0.875. The summed E-state index contributed by atoms with van der Waals surface area (Å²) in [6.07, 6.45) is 1.09. The van der Waals surface area contributed by atoms with E-state index in [0.717, 1.165) is 12.8 Å². The number of esters is 1. The summed E-state index contributed by atoms with van der Waals surface area (Å²) in [6, 6.07) is 8.20. The Morgan fingerprint density at radius 2 is 1.91 bits per heavy atom. The van der Waals surface area contributed by atoms with Gasteiger partial charge in [-0.15, -0.1) is 0 Å². The lowest BCUT2D eigenvalue weighted by Gasteiger charge is -2.20. The number of hydrogen-bond acceptors (Lipinski definition) is 4. The molecule has 0 aliphatic carbocycles. The highest BCUT2D eigenvalue weighted by Crippen LogP contribution is 2.17. The Morgan fingerprint density at radius 1 is 1.22 bits per heavy atom. The Balaban J connectivity index is 1.83. The van der Waals surface area contributed by atoms with Crippen molar-refractivity contribution in [3.8, 4) is 0 Å². The van der Waals surface area contributed by atoms with Gasteiger partial charge in [0, 0.05) is 30.1 Å². The number of likely N-dealkylation sites (tertiary alicyclic amines) is 1. The third kappa shape index (κ3) is 3.11. The van der Waals surface area contributed by atoms with Gasteiger partial charge in [-0.25, -0.2) is 4.79 Å². The fraction of sp³-hybridized carbons (Fsp3) is 0.353. The maximum absolute atomic E-state index is 12.4. The number of ether oxygens (including phenoxy) is 1. The van der Waals surface area contributed by atoms with Crippen molar-refractivity contribution in [2.24, 2.45) is 0 Å². The monoisotopic (exact) mass is 314 g/mol. The second kappa shape index (κ2) is 6.24. The molecule has 1 atom stereocenters. The molecule has 2 aromatic rings. The van der Waals surface area contributed by atoms with E-state index in [9.17, 15) is 14.4 Å². The number of carbonyl (C=O) groups is 2. The molecular weight excluding hydrogens is 296 g/mol. The van der Waals surface area contributed by atoms with Gasteiger partial charge in [0.1, 0.15) is 0 Å². The minimum absolute atomic E-state index is 0.172. The van der Waals surface area contributed by atoms with Crippen LogP contribution in [0.1, 0.15) is 30.1 Å². The van der Waals surface area contributed by atoms with E-state index in [1.807, 2.05) is 0 Å². The molecule has 1 aliphatic rings. The van der Waals surface area contributed by atoms with Gasteiger partial charge in [0.2, 0.25) is 5.56 Å². The number of aromatic amines is 1. The highest BCUT2D eigenvalue weighted by Gasteiger charge is 2.26. The zero-order valence-corrected chi connectivity index (χ0v) is 12.9. The first-order valence-electron chi connectivity index (χ1n) is 7.68. The van der Waals surface area contributed by atoms with Crippen LogP contribution in [-0.2, 0) is 9.53 Å². The standard InChI is InChI=1S/C17H18N2O4/c1-11(16(21)19-8-4-5-9-19)23-17(22)13-10-15(20)18-14-7-3-2-6-12(13)14/h2-3,6-7,10-11H,4-5,8-9H2,1H3,(H,18,20)/t11-/m0/s1. The Labute approximate surface area is 133 Å². The minimum Gasteiger partial charge on any atom is -0.449 e. The van der Waals surface area contributed by atoms with Crippen molar-refractivity contribution in [2.75, 3.05) is 13.1 Å². The Morgan fingerprint density at radius 3 is 2.65 bits per heavy atom. The Kier molecular flexibility index (Phi) is 4.14. The zero-order chi connectivity index (χ0) is 16.4. The zero-order valence-electron chi connectivity index (χ0n) is 12.9. The van der Waals surface area contributed by atoms with Gasteiger partial charge in [-0.2, -0.15) is 0 Å². The number of H-pyrrole nitrogens is 1. The van der Waals surface area contributed by atoms with Crippen molar-refractivity contribution in [3.63, 3.8) is 0 Å². The second-order valence-corrected chi connectivity index (χ2v) is 5.67. The molecule has 0 radical (unpaired) electrons. The lowest BCUT2D eigenvalue weighted by atomic mass is 10.1. The molecule has 120 valence electrons. The fourth-order valence-electron chi connectivity index (χ4n) is 2.84. The largest absolute Gasteiger partial charge is 0.449 e. The number of fused-ring (bicyclic) bond motifs is 1. The number of pyridine rings is 1. The lowest BCUT2D eigenvalue weighted by molar-refractivity contribution is -0.138. The first-order valence-corrected chi connectivity index (χ1v) is 7.68. The SMILES string of the molecule is C[C@H](OC(=O)c1cc(=O)[nH]c2ccccc12)C(=O)N1CCCC1. The van der Waals surface area contributed by atoms with Crippen LogP contribution in [-0.4, -0.2) is 41.0 Å². The van der Waals surface area contributed by atoms with Crippen LogP contribution in [0, 0.1) is 0 Å². The molecule has 23 heavy (non-hydrogen) atoms. The molecule has 1 fully saturated rings. The van der Waals surface area contributed by atoms with Gasteiger partial charge in [-0.1, -0.05) is 18.2 Å². The Hall–Kier alpha value is -2.63. The van der Waals surface area contributed by atoms with Crippen LogP contribution >= 0.6 is 0 Å². The summed E-state index contributed by atoms with van der Waals surface area (Å²) in [4.78, 5) is 40.7. The van der Waals surface area contributed by atoms with Gasteiger partial charge in [-0.3, -0.25) is 9.59 Å². The summed E-state index contributed by atoms with van der Waals surface area (Å²) in [5.41, 5.74) is 0.352. The third-order valence-corrected chi connectivity index (χ3v) is 4.02. The van der Waals surface area contributed by atoms with E-state index in [1.165, 1.54) is 6.07 Å². The molecule has 6 nitrogen and oxygen atoms in total. The minimum atomic E-state index is -0.862. The molecular formula is C17H18N2O4. The van der Waals surface area contributed by atoms with Crippen molar-refractivity contribution >= 4 is 22.8 Å². The number of nitrogens with one attached hydrogen (secondary N) is 1.